The second-order valence-electron chi connectivity index (χ2n) is 7.88. The molecule has 1 aliphatic heterocycles. The zero-order valence-electron chi connectivity index (χ0n) is 18.4. The number of nitrogens with one attached hydrogen (secondary N) is 2. The summed E-state index contributed by atoms with van der Waals surface area (Å²) in [7, 11) is 1.62. The molecule has 0 saturated heterocycles. The molecule has 1 aromatic heterocycles. The van der Waals surface area contributed by atoms with Gasteiger partial charge >= 0.3 is 0 Å². The second kappa shape index (κ2) is 9.48. The molecule has 1 aliphatic rings. The highest BCUT2D eigenvalue weighted by atomic mass is 32.2. The van der Waals surface area contributed by atoms with Crippen LogP contribution in [0, 0.1) is 13.8 Å². The van der Waals surface area contributed by atoms with E-state index >= 15 is 0 Å². The third-order valence-electron chi connectivity index (χ3n) is 5.28. The Balaban J connectivity index is 1.47. The molecule has 0 aliphatic carbocycles. The largest absolute Gasteiger partial charge is 0.497 e. The summed E-state index contributed by atoms with van der Waals surface area (Å²) in [5, 5.41) is 10.5. The monoisotopic (exact) mass is 450 g/mol. The van der Waals surface area contributed by atoms with E-state index in [2.05, 4.69) is 15.7 Å². The van der Waals surface area contributed by atoms with E-state index in [0.717, 1.165) is 45.2 Å². The number of amides is 2. The van der Waals surface area contributed by atoms with Crippen molar-refractivity contribution in [3.63, 3.8) is 0 Å². The van der Waals surface area contributed by atoms with Crippen LogP contribution in [0.5, 0.6) is 5.75 Å². The summed E-state index contributed by atoms with van der Waals surface area (Å²) in [6.07, 6.45) is 0. The molecular formula is C24H26N4O3S. The Morgan fingerprint density at radius 1 is 1.09 bits per heavy atom. The quantitative estimate of drug-likeness (QED) is 0.572. The Morgan fingerprint density at radius 2 is 1.81 bits per heavy atom. The molecule has 0 radical (unpaired) electrons. The Hall–Kier alpha value is -3.26. The van der Waals surface area contributed by atoms with Crippen molar-refractivity contribution in [1.29, 1.82) is 0 Å². The highest BCUT2D eigenvalue weighted by Crippen LogP contribution is 2.35. The van der Waals surface area contributed by atoms with E-state index in [1.165, 1.54) is 0 Å². The van der Waals surface area contributed by atoms with Gasteiger partial charge in [-0.05, 0) is 43.7 Å². The molecule has 2 heterocycles. The lowest BCUT2D eigenvalue weighted by atomic mass is 10.1. The van der Waals surface area contributed by atoms with Gasteiger partial charge in [0.05, 0.1) is 12.8 Å². The molecule has 7 nitrogen and oxygen atoms in total. The molecule has 0 saturated carbocycles. The lowest BCUT2D eigenvalue weighted by Gasteiger charge is -2.12. The number of methoxy groups -OCH3 is 1. The fourth-order valence-electron chi connectivity index (χ4n) is 3.74. The van der Waals surface area contributed by atoms with Crippen LogP contribution >= 0.6 is 11.8 Å². The normalized spacial score (nSPS) is 12.3. The number of nitrogens with zero attached hydrogens (tertiary/aromatic N) is 2. The molecule has 2 amide bonds. The van der Waals surface area contributed by atoms with Crippen molar-refractivity contribution < 1.29 is 14.3 Å². The number of benzene rings is 2. The van der Waals surface area contributed by atoms with Crippen LogP contribution < -0.4 is 15.4 Å². The maximum atomic E-state index is 12.9. The highest BCUT2D eigenvalue weighted by Gasteiger charge is 2.25. The topological polar surface area (TPSA) is 85.2 Å². The second-order valence-corrected chi connectivity index (χ2v) is 8.87. The van der Waals surface area contributed by atoms with Crippen molar-refractivity contribution in [1.82, 2.24) is 15.1 Å². The molecule has 2 aromatic carbocycles. The first kappa shape index (κ1) is 22.0. The van der Waals surface area contributed by atoms with Gasteiger partial charge in [-0.25, -0.2) is 4.68 Å². The van der Waals surface area contributed by atoms with Crippen LogP contribution in [0.1, 0.15) is 38.3 Å². The number of thioether (sulfide) groups is 1. The third-order valence-corrected chi connectivity index (χ3v) is 6.25. The van der Waals surface area contributed by atoms with Crippen LogP contribution in [0.25, 0.3) is 0 Å². The molecule has 0 spiro atoms. The van der Waals surface area contributed by atoms with Gasteiger partial charge in [0.2, 0.25) is 5.91 Å². The van der Waals surface area contributed by atoms with E-state index in [4.69, 9.17) is 4.74 Å². The molecule has 3 aromatic rings. The number of ether oxygens (including phenoxy) is 1. The number of anilines is 1. The summed E-state index contributed by atoms with van der Waals surface area (Å²) in [5.74, 6) is 2.56. The average Bonchev–Trinajstić information content (AvgIpc) is 3.34. The van der Waals surface area contributed by atoms with Gasteiger partial charge in [-0.15, -0.1) is 0 Å². The summed E-state index contributed by atoms with van der Waals surface area (Å²) in [5.41, 5.74) is 5.55. The van der Waals surface area contributed by atoms with Gasteiger partial charge in [-0.3, -0.25) is 9.59 Å². The Morgan fingerprint density at radius 3 is 2.50 bits per heavy atom. The number of rotatable bonds is 7. The zero-order valence-corrected chi connectivity index (χ0v) is 19.2. The number of aromatic nitrogens is 2. The number of carbonyl (C=O) groups excluding carboxylic acids is 2. The summed E-state index contributed by atoms with van der Waals surface area (Å²) in [6, 6.07) is 13.3. The van der Waals surface area contributed by atoms with Gasteiger partial charge in [0.25, 0.3) is 5.91 Å². The first-order chi connectivity index (χ1) is 15.4. The van der Waals surface area contributed by atoms with Crippen molar-refractivity contribution in [3.8, 4) is 5.75 Å². The van der Waals surface area contributed by atoms with Crippen LogP contribution in [-0.4, -0.2) is 28.7 Å². The summed E-state index contributed by atoms with van der Waals surface area (Å²) >= 11 is 1.75. The summed E-state index contributed by atoms with van der Waals surface area (Å²) in [4.78, 5) is 25.6. The van der Waals surface area contributed by atoms with E-state index < -0.39 is 0 Å². The smallest absolute Gasteiger partial charge is 0.256 e. The first-order valence-corrected chi connectivity index (χ1v) is 11.5. The Labute approximate surface area is 191 Å². The van der Waals surface area contributed by atoms with Crippen LogP contribution in [0.4, 0.5) is 5.82 Å². The van der Waals surface area contributed by atoms with Gasteiger partial charge in [-0.2, -0.15) is 16.9 Å². The Bertz CT molecular complexity index is 1130. The maximum absolute atomic E-state index is 12.9. The molecule has 0 atom stereocenters. The Kier molecular flexibility index (Phi) is 6.50. The van der Waals surface area contributed by atoms with Crippen LogP contribution in [0.15, 0.2) is 42.5 Å². The van der Waals surface area contributed by atoms with Crippen LogP contribution in [-0.2, 0) is 29.4 Å². The van der Waals surface area contributed by atoms with E-state index in [-0.39, 0.29) is 18.4 Å². The molecule has 4 rings (SSSR count). The standard InChI is InChI=1S/C24H26N4O3S/c1-15-8-16(2)10-18(9-15)24(30)26-23-20-13-32-14-21(20)27-28(23)12-22(29)25-11-17-4-6-19(31-3)7-5-17/h4-10H,11-14H2,1-3H3,(H,25,29)(H,26,30). The van der Waals surface area contributed by atoms with E-state index in [0.29, 0.717) is 17.9 Å². The number of fused-ring (bicyclic) bond motifs is 1. The van der Waals surface area contributed by atoms with Crippen molar-refractivity contribution in [3.05, 3.63) is 76.0 Å². The minimum atomic E-state index is -0.198. The lowest BCUT2D eigenvalue weighted by Crippen LogP contribution is -2.28. The average molecular weight is 451 g/mol. The van der Waals surface area contributed by atoms with Crippen molar-refractivity contribution in [2.75, 3.05) is 12.4 Å². The van der Waals surface area contributed by atoms with Crippen LogP contribution in [0.3, 0.4) is 0 Å². The predicted octanol–water partition coefficient (Wildman–Crippen LogP) is 3.82. The molecule has 0 unspecified atom stereocenters. The first-order valence-electron chi connectivity index (χ1n) is 10.4. The van der Waals surface area contributed by atoms with Gasteiger partial charge in [0.1, 0.15) is 18.1 Å². The van der Waals surface area contributed by atoms with Crippen molar-refractivity contribution in [2.24, 2.45) is 0 Å². The minimum absolute atomic E-state index is 0.0380. The van der Waals surface area contributed by atoms with E-state index in [1.807, 2.05) is 56.3 Å². The number of carbonyl (C=O) groups is 2. The fourth-order valence-corrected chi connectivity index (χ4v) is 4.78. The minimum Gasteiger partial charge on any atom is -0.497 e. The van der Waals surface area contributed by atoms with Crippen LogP contribution in [0.2, 0.25) is 0 Å². The number of hydrogen-bond donors (Lipinski definition) is 2. The molecule has 0 fully saturated rings. The highest BCUT2D eigenvalue weighted by molar-refractivity contribution is 7.98. The van der Waals surface area contributed by atoms with E-state index in [9.17, 15) is 9.59 Å². The van der Waals surface area contributed by atoms with Gasteiger partial charge in [0, 0.05) is 29.2 Å². The molecule has 32 heavy (non-hydrogen) atoms. The lowest BCUT2D eigenvalue weighted by molar-refractivity contribution is -0.122. The molecule has 2 N–H and O–H groups in total. The van der Waals surface area contributed by atoms with Crippen molar-refractivity contribution in [2.45, 2.75) is 38.4 Å². The molecule has 0 bridgehead atoms. The third kappa shape index (κ3) is 4.96. The zero-order chi connectivity index (χ0) is 22.7. The predicted molar refractivity (Wildman–Crippen MR) is 126 cm³/mol. The maximum Gasteiger partial charge on any atom is 0.256 e. The molecule has 166 valence electrons. The van der Waals surface area contributed by atoms with Gasteiger partial charge < -0.3 is 15.4 Å². The number of hydrogen-bond acceptors (Lipinski definition) is 5. The van der Waals surface area contributed by atoms with Gasteiger partial charge in [0.15, 0.2) is 0 Å². The van der Waals surface area contributed by atoms with Gasteiger partial charge in [-0.1, -0.05) is 29.3 Å². The summed E-state index contributed by atoms with van der Waals surface area (Å²) in [6.45, 7) is 4.38. The molecule has 8 heteroatoms. The SMILES string of the molecule is COc1ccc(CNC(=O)Cn2nc3c(c2NC(=O)c2cc(C)cc(C)c2)CSC3)cc1. The van der Waals surface area contributed by atoms with Crippen molar-refractivity contribution >= 4 is 29.4 Å². The fraction of sp³-hybridized carbons (Fsp3) is 0.292. The number of aryl methyl sites for hydroxylation is 2. The summed E-state index contributed by atoms with van der Waals surface area (Å²) < 4.78 is 6.76. The molecular weight excluding hydrogens is 424 g/mol. The van der Waals surface area contributed by atoms with E-state index in [1.54, 1.807) is 23.6 Å².